The van der Waals surface area contributed by atoms with Gasteiger partial charge < -0.3 is 39.0 Å². The molecule has 5 atom stereocenters. The molecular formula is C54H71ClF2N10O7S. The minimum atomic E-state index is -2.16. The van der Waals surface area contributed by atoms with Crippen LogP contribution in [0.5, 0.6) is 0 Å². The number of carbonyl (C=O) groups is 5. The monoisotopic (exact) mass is 1080 g/mol. The fraction of sp³-hybridized carbons (Fsp3) is 0.611. The molecule has 5 aliphatic rings. The molecule has 21 heteroatoms. The van der Waals surface area contributed by atoms with Crippen LogP contribution in [-0.4, -0.2) is 161 Å². The maximum Gasteiger partial charge on any atom is 0.324 e. The summed E-state index contributed by atoms with van der Waals surface area (Å²) in [5, 5.41) is 7.40. The van der Waals surface area contributed by atoms with Gasteiger partial charge in [-0.25, -0.2) is 19.2 Å². The number of anilines is 1. The number of likely N-dealkylation sites (N-methyl/N-ethyl adjacent to an activating group) is 1. The molecule has 1 aromatic carbocycles. The number of aromatic nitrogens is 3. The molecule has 6 bridgehead atoms. The number of piperazine rings is 1. The first kappa shape index (κ1) is 54.5. The van der Waals surface area contributed by atoms with Crippen molar-refractivity contribution < 1.29 is 42.2 Å². The van der Waals surface area contributed by atoms with Gasteiger partial charge in [0.2, 0.25) is 11.8 Å². The molecule has 4 saturated heterocycles. The topological polar surface area (TPSA) is 175 Å². The summed E-state index contributed by atoms with van der Waals surface area (Å²) in [7, 11) is 3.78. The highest BCUT2D eigenvalue weighted by Gasteiger charge is 2.52. The number of hydrogen-bond acceptors (Lipinski definition) is 13. The van der Waals surface area contributed by atoms with Crippen LogP contribution in [0.15, 0.2) is 29.8 Å². The molecule has 17 nitrogen and oxygen atoms in total. The summed E-state index contributed by atoms with van der Waals surface area (Å²) >= 11 is 6.70. The third-order valence-corrected chi connectivity index (χ3v) is 17.2. The number of fused-ring (bicyclic) bond motifs is 6. The van der Waals surface area contributed by atoms with E-state index in [2.05, 4.69) is 38.2 Å². The smallest absolute Gasteiger partial charge is 0.324 e. The number of nitrogens with one attached hydrogen (secondary N) is 2. The normalized spacial score (nSPS) is 22.9. The second kappa shape index (κ2) is 22.0. The number of nitrogens with zero attached hydrogens (tertiary/aromatic N) is 8. The second-order valence-electron chi connectivity index (χ2n) is 22.2. The average Bonchev–Trinajstić information content (AvgIpc) is 4.09. The molecule has 5 aliphatic heterocycles. The third kappa shape index (κ3) is 10.9. The largest absolute Gasteiger partial charge is 0.464 e. The number of thiazole rings is 1. The van der Waals surface area contributed by atoms with Gasteiger partial charge in [-0.3, -0.25) is 34.0 Å². The van der Waals surface area contributed by atoms with E-state index in [1.54, 1.807) is 23.5 Å². The van der Waals surface area contributed by atoms with Crippen LogP contribution in [0.3, 0.4) is 0 Å². The van der Waals surface area contributed by atoms with Crippen molar-refractivity contribution in [2.75, 3.05) is 78.0 Å². The molecule has 0 saturated carbocycles. The van der Waals surface area contributed by atoms with Crippen molar-refractivity contribution in [2.45, 2.75) is 123 Å². The third-order valence-electron chi connectivity index (χ3n) is 16.2. The lowest BCUT2D eigenvalue weighted by Crippen LogP contribution is -2.62. The number of pyridine rings is 1. The number of amides is 4. The SMILES string of the molecule is CCn1c(-c2cc(N3CCN(C)CC3)cnc2[C@H](C)OC)c2c3cc(c(F)cc31)-c1csc(n1)C[C@H](NC(=O)[C@H](C(C)C)N1CCC3(CCN(C(=O)[C@H](F)Cl)CC3)C1=O)C(=O)N1CCC[C@H](N1)C(=O)OCC(C)(C)C2. The van der Waals surface area contributed by atoms with E-state index in [9.17, 15) is 28.4 Å². The Morgan fingerprint density at radius 2 is 1.73 bits per heavy atom. The van der Waals surface area contributed by atoms with E-state index in [1.165, 1.54) is 21.2 Å². The molecule has 0 unspecified atom stereocenters. The van der Waals surface area contributed by atoms with Crippen molar-refractivity contribution in [2.24, 2.45) is 16.7 Å². The first-order chi connectivity index (χ1) is 35.7. The van der Waals surface area contributed by atoms with E-state index in [0.29, 0.717) is 61.3 Å². The molecule has 75 heavy (non-hydrogen) atoms. The fourth-order valence-corrected chi connectivity index (χ4v) is 12.8. The van der Waals surface area contributed by atoms with Crippen molar-refractivity contribution in [3.8, 4) is 22.5 Å². The number of benzene rings is 1. The maximum absolute atomic E-state index is 17.0. The Kier molecular flexibility index (Phi) is 16.0. The number of halogens is 3. The standard InChI is InChI=1S/C54H71ClF2N10O7S/c1-9-65-42-25-38(56)35-24-34(42)37(46(65)36-23-33(28-58-44(36)32(4)73-8)63-21-19-62(7)20-22-63)27-53(5,6)30-74-51(71)39-11-10-15-67(61-39)49(69)40(26-43-59-41(35)29-75-43)60-48(68)45(31(2)3)66-18-14-54(52(66)72)12-16-64(17-13-54)50(70)47(55)57/h23-25,28-29,31-32,39-40,45,47,61H,9-22,26-27,30H2,1-8H3,(H,60,68)/t32-,39-,40-,45-,47-/m0/s1. The lowest BCUT2D eigenvalue weighted by Gasteiger charge is -2.39. The Balaban J connectivity index is 1.09. The van der Waals surface area contributed by atoms with Crippen molar-refractivity contribution in [3.63, 3.8) is 0 Å². The van der Waals surface area contributed by atoms with Crippen LogP contribution in [0, 0.1) is 22.6 Å². The minimum absolute atomic E-state index is 0.0360. The van der Waals surface area contributed by atoms with Crippen LogP contribution in [-0.2, 0) is 52.8 Å². The minimum Gasteiger partial charge on any atom is -0.464 e. The summed E-state index contributed by atoms with van der Waals surface area (Å²) < 4.78 is 45.0. The van der Waals surface area contributed by atoms with E-state index in [4.69, 9.17) is 31.0 Å². The predicted molar refractivity (Wildman–Crippen MR) is 283 cm³/mol. The average molecular weight is 1080 g/mol. The molecule has 1 spiro atoms. The van der Waals surface area contributed by atoms with Gasteiger partial charge in [-0.2, -0.15) is 0 Å². The van der Waals surface area contributed by atoms with Crippen molar-refractivity contribution in [1.82, 2.24) is 45.0 Å². The Morgan fingerprint density at radius 3 is 2.41 bits per heavy atom. The van der Waals surface area contributed by atoms with E-state index < -0.39 is 64.1 Å². The van der Waals surface area contributed by atoms with Crippen LogP contribution in [0.25, 0.3) is 33.4 Å². The van der Waals surface area contributed by atoms with E-state index in [1.807, 2.05) is 53.8 Å². The number of rotatable bonds is 10. The molecule has 4 amide bonds. The second-order valence-corrected chi connectivity index (χ2v) is 23.5. The quantitative estimate of drug-likeness (QED) is 0.131. The number of piperidine rings is 1. The number of carbonyl (C=O) groups excluding carboxylic acids is 5. The van der Waals surface area contributed by atoms with E-state index in [0.717, 1.165) is 59.8 Å². The predicted octanol–water partition coefficient (Wildman–Crippen LogP) is 6.49. The number of alkyl halides is 2. The van der Waals surface area contributed by atoms with Crippen LogP contribution in [0.2, 0.25) is 0 Å². The highest BCUT2D eigenvalue weighted by molar-refractivity contribution is 7.10. The Hall–Kier alpha value is -5.28. The van der Waals surface area contributed by atoms with Crippen LogP contribution >= 0.6 is 22.9 Å². The highest BCUT2D eigenvalue weighted by atomic mass is 35.5. The number of likely N-dealkylation sites (tertiary alicyclic amines) is 2. The van der Waals surface area contributed by atoms with Crippen LogP contribution in [0.4, 0.5) is 14.5 Å². The van der Waals surface area contributed by atoms with Gasteiger partial charge in [0.05, 0.1) is 57.6 Å². The number of methoxy groups -OCH3 is 1. The zero-order valence-corrected chi connectivity index (χ0v) is 45.9. The van der Waals surface area contributed by atoms with Crippen LogP contribution < -0.4 is 15.6 Å². The molecule has 0 radical (unpaired) electrons. The summed E-state index contributed by atoms with van der Waals surface area (Å²) in [6.07, 6.45) is 3.85. The zero-order valence-electron chi connectivity index (χ0n) is 44.3. The molecule has 0 aliphatic carbocycles. The number of cyclic esters (lactones) is 1. The maximum atomic E-state index is 17.0. The van der Waals surface area contributed by atoms with Crippen molar-refractivity contribution >= 4 is 69.1 Å². The summed E-state index contributed by atoms with van der Waals surface area (Å²) in [5.74, 6) is -3.47. The Labute approximate surface area is 446 Å². The molecular weight excluding hydrogens is 1010 g/mol. The van der Waals surface area contributed by atoms with Gasteiger partial charge >= 0.3 is 5.97 Å². The van der Waals surface area contributed by atoms with Gasteiger partial charge in [0.25, 0.3) is 17.4 Å². The lowest BCUT2D eigenvalue weighted by atomic mass is 9.77. The van der Waals surface area contributed by atoms with E-state index >= 15 is 4.39 Å². The highest BCUT2D eigenvalue weighted by Crippen LogP contribution is 2.45. The summed E-state index contributed by atoms with van der Waals surface area (Å²) in [4.78, 5) is 87.9. The number of aryl methyl sites for hydroxylation is 1. The molecule has 9 rings (SSSR count). The number of ether oxygens (including phenoxy) is 2. The van der Waals surface area contributed by atoms with Gasteiger partial charge in [0.1, 0.15) is 23.9 Å². The van der Waals surface area contributed by atoms with Crippen molar-refractivity contribution in [3.05, 3.63) is 51.9 Å². The summed E-state index contributed by atoms with van der Waals surface area (Å²) in [6.45, 7) is 16.7. The van der Waals surface area contributed by atoms with Gasteiger partial charge in [-0.15, -0.1) is 11.3 Å². The van der Waals surface area contributed by atoms with Gasteiger partial charge in [-0.1, -0.05) is 39.3 Å². The number of hydrogen-bond donors (Lipinski definition) is 2. The van der Waals surface area contributed by atoms with Crippen molar-refractivity contribution in [1.29, 1.82) is 0 Å². The van der Waals surface area contributed by atoms with Gasteiger partial charge in [0.15, 0.2) is 0 Å². The first-order valence-corrected chi connectivity index (χ1v) is 27.7. The number of hydrazine groups is 1. The Morgan fingerprint density at radius 1 is 1.01 bits per heavy atom. The Bertz CT molecular complexity index is 2820. The number of esters is 1. The van der Waals surface area contributed by atoms with E-state index in [-0.39, 0.29) is 62.7 Å². The first-order valence-electron chi connectivity index (χ1n) is 26.4. The summed E-state index contributed by atoms with van der Waals surface area (Å²) in [6, 6.07) is 2.58. The molecule has 8 heterocycles. The molecule has 406 valence electrons. The molecule has 4 aromatic rings. The zero-order chi connectivity index (χ0) is 53.7. The summed E-state index contributed by atoms with van der Waals surface area (Å²) in [5.41, 5.74) is 5.22. The van der Waals surface area contributed by atoms with Crippen LogP contribution in [0.1, 0.15) is 96.0 Å². The molecule has 3 aromatic heterocycles. The van der Waals surface area contributed by atoms with Gasteiger partial charge in [-0.05, 0) is 89.1 Å². The lowest BCUT2D eigenvalue weighted by molar-refractivity contribution is -0.155. The van der Waals surface area contributed by atoms with Gasteiger partial charge in [0, 0.05) is 99.7 Å². The molecule has 4 fully saturated rings. The fourth-order valence-electron chi connectivity index (χ4n) is 11.8. The molecule has 2 N–H and O–H groups in total.